The zero-order valence-electron chi connectivity index (χ0n) is 15.2. The maximum absolute atomic E-state index is 12.3. The average Bonchev–Trinajstić information content (AvgIpc) is 2.71. The van der Waals surface area contributed by atoms with Crippen molar-refractivity contribution < 1.29 is 28.6 Å². The van der Waals surface area contributed by atoms with Crippen LogP contribution in [0.25, 0.3) is 0 Å². The van der Waals surface area contributed by atoms with Gasteiger partial charge in [-0.1, -0.05) is 0 Å². The largest absolute Gasteiger partial charge is 0.482 e. The van der Waals surface area contributed by atoms with Gasteiger partial charge in [-0.05, 0) is 50.5 Å². The lowest BCUT2D eigenvalue weighted by Gasteiger charge is -2.33. The average molecular weight is 374 g/mol. The molecule has 0 saturated carbocycles. The molecule has 8 nitrogen and oxygen atoms in total. The summed E-state index contributed by atoms with van der Waals surface area (Å²) in [5.74, 6) is -1.14. The summed E-state index contributed by atoms with van der Waals surface area (Å²) >= 11 is 0. The summed E-state index contributed by atoms with van der Waals surface area (Å²) in [6.07, 6.45) is 2.17. The van der Waals surface area contributed by atoms with Gasteiger partial charge in [0.15, 0.2) is 13.2 Å². The molecule has 1 atom stereocenters. The molecular weight excluding hydrogens is 352 g/mol. The lowest BCUT2D eigenvalue weighted by Crippen LogP contribution is -2.50. The highest BCUT2D eigenvalue weighted by atomic mass is 16.6. The van der Waals surface area contributed by atoms with Gasteiger partial charge in [0.05, 0.1) is 18.2 Å². The number of rotatable bonds is 7. The van der Waals surface area contributed by atoms with Crippen molar-refractivity contribution in [2.24, 2.45) is 0 Å². The highest BCUT2D eigenvalue weighted by Gasteiger charge is 2.33. The zero-order valence-corrected chi connectivity index (χ0v) is 15.2. The molecule has 2 rings (SSSR count). The van der Waals surface area contributed by atoms with Crippen LogP contribution in [-0.2, 0) is 23.9 Å². The number of amides is 1. The van der Waals surface area contributed by atoms with E-state index >= 15 is 0 Å². The second-order valence-corrected chi connectivity index (χ2v) is 5.94. The van der Waals surface area contributed by atoms with E-state index in [2.05, 4.69) is 0 Å². The predicted molar refractivity (Wildman–Crippen MR) is 93.6 cm³/mol. The fourth-order valence-electron chi connectivity index (χ4n) is 2.75. The van der Waals surface area contributed by atoms with Gasteiger partial charge < -0.3 is 19.1 Å². The summed E-state index contributed by atoms with van der Waals surface area (Å²) in [6.45, 7) is 1.58. The molecule has 1 aliphatic rings. The summed E-state index contributed by atoms with van der Waals surface area (Å²) < 4.78 is 15.2. The number of hydrogen-bond acceptors (Lipinski definition) is 7. The summed E-state index contributed by atoms with van der Waals surface area (Å²) in [6, 6.07) is 7.61. The molecule has 1 aromatic carbocycles. The third-order valence-corrected chi connectivity index (χ3v) is 4.08. The van der Waals surface area contributed by atoms with Crippen LogP contribution in [-0.4, -0.2) is 55.2 Å². The molecule has 0 radical (unpaired) electrons. The normalized spacial score (nSPS) is 16.1. The molecule has 27 heavy (non-hydrogen) atoms. The van der Waals surface area contributed by atoms with Crippen molar-refractivity contribution in [3.8, 4) is 11.8 Å². The van der Waals surface area contributed by atoms with Gasteiger partial charge in [-0.15, -0.1) is 0 Å². The Bertz CT molecular complexity index is 710. The van der Waals surface area contributed by atoms with Crippen LogP contribution in [0.4, 0.5) is 0 Å². The number of piperidine rings is 1. The van der Waals surface area contributed by atoms with E-state index in [0.717, 1.165) is 12.8 Å². The Kier molecular flexibility index (Phi) is 7.62. The van der Waals surface area contributed by atoms with E-state index in [1.807, 2.05) is 6.07 Å². The predicted octanol–water partition coefficient (Wildman–Crippen LogP) is 1.42. The highest BCUT2D eigenvalue weighted by molar-refractivity contribution is 5.86. The lowest BCUT2D eigenvalue weighted by molar-refractivity contribution is -0.161. The number of esters is 2. The van der Waals surface area contributed by atoms with Crippen LogP contribution >= 0.6 is 0 Å². The van der Waals surface area contributed by atoms with Crippen molar-refractivity contribution in [2.75, 3.05) is 26.4 Å². The van der Waals surface area contributed by atoms with Gasteiger partial charge in [0.25, 0.3) is 5.91 Å². The molecule has 0 aliphatic carbocycles. The Morgan fingerprint density at radius 2 is 1.89 bits per heavy atom. The molecule has 1 aromatic rings. The molecule has 0 bridgehead atoms. The van der Waals surface area contributed by atoms with E-state index in [0.29, 0.717) is 24.3 Å². The zero-order chi connectivity index (χ0) is 19.6. The smallest absolute Gasteiger partial charge is 0.344 e. The number of nitriles is 1. The Labute approximate surface area is 157 Å². The molecule has 1 amide bonds. The van der Waals surface area contributed by atoms with Gasteiger partial charge in [-0.2, -0.15) is 5.26 Å². The SMILES string of the molecule is CCOC(=O)C1CCCCN1C(=O)COC(=O)COc1ccc(C#N)cc1. The van der Waals surface area contributed by atoms with E-state index in [9.17, 15) is 14.4 Å². The van der Waals surface area contributed by atoms with Crippen LogP contribution in [0.15, 0.2) is 24.3 Å². The minimum absolute atomic E-state index is 0.249. The van der Waals surface area contributed by atoms with Crippen molar-refractivity contribution >= 4 is 17.8 Å². The quantitative estimate of drug-likeness (QED) is 0.665. The number of hydrogen-bond donors (Lipinski definition) is 0. The standard InChI is InChI=1S/C19H22N2O6/c1-2-25-19(24)16-5-3-4-10-21(16)17(22)12-27-18(23)13-26-15-8-6-14(11-20)7-9-15/h6-9,16H,2-5,10,12-13H2,1H3. The van der Waals surface area contributed by atoms with Crippen LogP contribution < -0.4 is 4.74 Å². The summed E-state index contributed by atoms with van der Waals surface area (Å²) in [5, 5.41) is 8.73. The van der Waals surface area contributed by atoms with E-state index < -0.39 is 30.5 Å². The number of carbonyl (C=O) groups is 3. The first-order valence-corrected chi connectivity index (χ1v) is 8.79. The number of likely N-dealkylation sites (tertiary alicyclic amines) is 1. The number of carbonyl (C=O) groups excluding carboxylic acids is 3. The van der Waals surface area contributed by atoms with Crippen LogP contribution in [0, 0.1) is 11.3 Å². The van der Waals surface area contributed by atoms with Gasteiger partial charge in [-0.25, -0.2) is 9.59 Å². The van der Waals surface area contributed by atoms with Gasteiger partial charge in [0, 0.05) is 6.54 Å². The third kappa shape index (κ3) is 5.99. The molecule has 144 valence electrons. The first-order valence-electron chi connectivity index (χ1n) is 8.79. The number of benzene rings is 1. The Morgan fingerprint density at radius 3 is 2.56 bits per heavy atom. The maximum Gasteiger partial charge on any atom is 0.344 e. The Balaban J connectivity index is 1.79. The van der Waals surface area contributed by atoms with Crippen LogP contribution in [0.1, 0.15) is 31.7 Å². The second kappa shape index (κ2) is 10.2. The van der Waals surface area contributed by atoms with Gasteiger partial charge >= 0.3 is 11.9 Å². The van der Waals surface area contributed by atoms with Crippen molar-refractivity contribution in [3.63, 3.8) is 0 Å². The van der Waals surface area contributed by atoms with Crippen LogP contribution in [0.3, 0.4) is 0 Å². The van der Waals surface area contributed by atoms with Crippen molar-refractivity contribution in [2.45, 2.75) is 32.2 Å². The summed E-state index contributed by atoms with van der Waals surface area (Å²) in [7, 11) is 0. The van der Waals surface area contributed by atoms with E-state index in [1.165, 1.54) is 4.90 Å². The van der Waals surface area contributed by atoms with Crippen molar-refractivity contribution in [1.82, 2.24) is 4.90 Å². The molecule has 1 unspecified atom stereocenters. The van der Waals surface area contributed by atoms with Crippen molar-refractivity contribution in [1.29, 1.82) is 5.26 Å². The minimum Gasteiger partial charge on any atom is -0.482 e. The summed E-state index contributed by atoms with van der Waals surface area (Å²) in [5.41, 5.74) is 0.480. The second-order valence-electron chi connectivity index (χ2n) is 5.94. The minimum atomic E-state index is -0.697. The van der Waals surface area contributed by atoms with E-state index in [1.54, 1.807) is 31.2 Å². The maximum atomic E-state index is 12.3. The number of nitrogens with zero attached hydrogens (tertiary/aromatic N) is 2. The Morgan fingerprint density at radius 1 is 1.15 bits per heavy atom. The molecule has 1 aliphatic heterocycles. The van der Waals surface area contributed by atoms with Gasteiger partial charge in [0.2, 0.25) is 0 Å². The van der Waals surface area contributed by atoms with Crippen LogP contribution in [0.2, 0.25) is 0 Å². The summed E-state index contributed by atoms with van der Waals surface area (Å²) in [4.78, 5) is 37.5. The fourth-order valence-corrected chi connectivity index (χ4v) is 2.75. The molecule has 8 heteroatoms. The lowest BCUT2D eigenvalue weighted by atomic mass is 10.0. The van der Waals surface area contributed by atoms with Gasteiger partial charge in [0.1, 0.15) is 11.8 Å². The molecule has 0 spiro atoms. The van der Waals surface area contributed by atoms with Gasteiger partial charge in [-0.3, -0.25) is 4.79 Å². The topological polar surface area (TPSA) is 106 Å². The first-order chi connectivity index (χ1) is 13.0. The fraction of sp³-hybridized carbons (Fsp3) is 0.474. The molecular formula is C19H22N2O6. The van der Waals surface area contributed by atoms with Crippen molar-refractivity contribution in [3.05, 3.63) is 29.8 Å². The first kappa shape index (κ1) is 20.2. The molecule has 0 N–H and O–H groups in total. The third-order valence-electron chi connectivity index (χ3n) is 4.08. The van der Waals surface area contributed by atoms with Crippen LogP contribution in [0.5, 0.6) is 5.75 Å². The Hall–Kier alpha value is -3.08. The molecule has 1 heterocycles. The molecule has 1 fully saturated rings. The van der Waals surface area contributed by atoms with E-state index in [4.69, 9.17) is 19.5 Å². The molecule has 1 saturated heterocycles. The molecule has 0 aromatic heterocycles. The number of ether oxygens (including phenoxy) is 3. The van der Waals surface area contributed by atoms with E-state index in [-0.39, 0.29) is 13.2 Å². The monoisotopic (exact) mass is 374 g/mol. The highest BCUT2D eigenvalue weighted by Crippen LogP contribution is 2.18.